The van der Waals surface area contributed by atoms with Crippen molar-refractivity contribution in [2.75, 3.05) is 64.4 Å². The number of fused-ring (bicyclic) bond motifs is 1. The molecule has 216 valence electrons. The molecule has 3 aromatic rings. The van der Waals surface area contributed by atoms with Gasteiger partial charge in [0, 0.05) is 59.8 Å². The van der Waals surface area contributed by atoms with E-state index >= 15 is 0 Å². The van der Waals surface area contributed by atoms with Crippen LogP contribution in [0.1, 0.15) is 37.1 Å². The van der Waals surface area contributed by atoms with Crippen molar-refractivity contribution < 1.29 is 27.4 Å². The van der Waals surface area contributed by atoms with E-state index in [1.807, 2.05) is 21.9 Å². The number of piperidine rings is 1. The van der Waals surface area contributed by atoms with Gasteiger partial charge >= 0.3 is 6.18 Å². The van der Waals surface area contributed by atoms with Crippen molar-refractivity contribution in [2.45, 2.75) is 38.0 Å². The summed E-state index contributed by atoms with van der Waals surface area (Å²) in [5, 5.41) is 11.0. The molecule has 1 amide bonds. The summed E-state index contributed by atoms with van der Waals surface area (Å²) in [6.45, 7) is 7.22. The van der Waals surface area contributed by atoms with Crippen molar-refractivity contribution in [3.63, 3.8) is 0 Å². The molecule has 1 aromatic carbocycles. The molecule has 2 fully saturated rings. The predicted octanol–water partition coefficient (Wildman–Crippen LogP) is 3.09. The van der Waals surface area contributed by atoms with Crippen molar-refractivity contribution in [3.05, 3.63) is 47.8 Å². The van der Waals surface area contributed by atoms with Gasteiger partial charge in [0.25, 0.3) is 5.82 Å². The van der Waals surface area contributed by atoms with Crippen LogP contribution in [0.25, 0.3) is 5.65 Å². The quantitative estimate of drug-likeness (QED) is 0.415. The molecule has 0 bridgehead atoms. The van der Waals surface area contributed by atoms with Gasteiger partial charge in [-0.25, -0.2) is 0 Å². The lowest BCUT2D eigenvalue weighted by Crippen LogP contribution is -2.51. The first-order valence-corrected chi connectivity index (χ1v) is 13.5. The van der Waals surface area contributed by atoms with Gasteiger partial charge in [-0.2, -0.15) is 17.7 Å². The Labute approximate surface area is 230 Å². The molecular weight excluding hydrogens is 527 g/mol. The Hall–Kier alpha value is -3.45. The minimum atomic E-state index is -4.62. The van der Waals surface area contributed by atoms with Crippen LogP contribution in [0.4, 0.5) is 19.0 Å². The largest absolute Gasteiger partial charge is 0.487 e. The van der Waals surface area contributed by atoms with Crippen LogP contribution in [0, 0.1) is 0 Å². The molecule has 0 unspecified atom stereocenters. The lowest BCUT2D eigenvalue weighted by Gasteiger charge is -2.36. The smallest absolute Gasteiger partial charge is 0.453 e. The number of methoxy groups -OCH3 is 1. The number of halogens is 3. The SMILES string of the molecule is COC[C@@H](CN1CCN(C(C)=O)CC1)Oc1ccc(C2CCN(c3ccc4nnc(C(F)(F)F)n4n3)CC2)cc1. The summed E-state index contributed by atoms with van der Waals surface area (Å²) in [5.41, 5.74) is 1.27. The van der Waals surface area contributed by atoms with Crippen LogP contribution in [0.3, 0.4) is 0 Å². The highest BCUT2D eigenvalue weighted by Crippen LogP contribution is 2.32. The van der Waals surface area contributed by atoms with E-state index in [0.29, 0.717) is 31.4 Å². The average Bonchev–Trinajstić information content (AvgIpc) is 3.38. The Bertz CT molecular complexity index is 1280. The third-order valence-corrected chi connectivity index (χ3v) is 7.61. The maximum atomic E-state index is 13.2. The molecule has 13 heteroatoms. The molecule has 0 radical (unpaired) electrons. The number of benzene rings is 1. The molecule has 1 atom stereocenters. The molecule has 0 aliphatic carbocycles. The van der Waals surface area contributed by atoms with Crippen molar-refractivity contribution >= 4 is 17.4 Å². The second-order valence-corrected chi connectivity index (χ2v) is 10.3. The van der Waals surface area contributed by atoms with E-state index in [4.69, 9.17) is 9.47 Å². The Balaban J connectivity index is 1.15. The highest BCUT2D eigenvalue weighted by molar-refractivity contribution is 5.73. The Morgan fingerprint density at radius 1 is 1.00 bits per heavy atom. The first-order valence-electron chi connectivity index (χ1n) is 13.5. The number of ether oxygens (including phenoxy) is 2. The van der Waals surface area contributed by atoms with Crippen LogP contribution in [0.5, 0.6) is 5.75 Å². The molecule has 2 aliphatic rings. The number of amides is 1. The average molecular weight is 562 g/mol. The lowest BCUT2D eigenvalue weighted by atomic mass is 9.89. The molecule has 2 aliphatic heterocycles. The Kier molecular flexibility index (Phi) is 8.40. The van der Waals surface area contributed by atoms with E-state index in [1.165, 1.54) is 11.6 Å². The second kappa shape index (κ2) is 12.0. The van der Waals surface area contributed by atoms with E-state index in [1.54, 1.807) is 20.1 Å². The zero-order chi connectivity index (χ0) is 28.3. The fourth-order valence-corrected chi connectivity index (χ4v) is 5.42. The van der Waals surface area contributed by atoms with Gasteiger partial charge in [0.05, 0.1) is 6.61 Å². The van der Waals surface area contributed by atoms with Gasteiger partial charge in [0.2, 0.25) is 5.91 Å². The number of rotatable bonds is 8. The monoisotopic (exact) mass is 561 g/mol. The predicted molar refractivity (Wildman–Crippen MR) is 141 cm³/mol. The highest BCUT2D eigenvalue weighted by Gasteiger charge is 2.38. The fourth-order valence-electron chi connectivity index (χ4n) is 5.42. The number of anilines is 1. The van der Waals surface area contributed by atoms with Crippen molar-refractivity contribution in [1.82, 2.24) is 29.6 Å². The molecular formula is C27H34F3N7O3. The summed E-state index contributed by atoms with van der Waals surface area (Å²) in [5.74, 6) is 0.580. The van der Waals surface area contributed by atoms with Gasteiger partial charge in [-0.3, -0.25) is 9.69 Å². The minimum Gasteiger partial charge on any atom is -0.487 e. The maximum Gasteiger partial charge on any atom is 0.453 e. The van der Waals surface area contributed by atoms with Crippen molar-refractivity contribution in [1.29, 1.82) is 0 Å². The topological polar surface area (TPSA) is 88.3 Å². The van der Waals surface area contributed by atoms with Gasteiger partial charge in [-0.05, 0) is 48.6 Å². The first kappa shape index (κ1) is 28.1. The molecule has 2 aromatic heterocycles. The number of carbonyl (C=O) groups excluding carboxylic acids is 1. The summed E-state index contributed by atoms with van der Waals surface area (Å²) in [7, 11) is 1.66. The van der Waals surface area contributed by atoms with Gasteiger partial charge in [0.15, 0.2) is 5.65 Å². The van der Waals surface area contributed by atoms with Gasteiger partial charge in [0.1, 0.15) is 17.7 Å². The summed E-state index contributed by atoms with van der Waals surface area (Å²) in [4.78, 5) is 17.7. The zero-order valence-corrected chi connectivity index (χ0v) is 22.7. The molecule has 0 spiro atoms. The standard InChI is InChI=1S/C27H34F3N7O3/c1-19(38)35-15-13-34(14-16-35)17-23(18-39-2)40-22-5-3-20(4-6-22)21-9-11-36(12-10-21)25-8-7-24-31-32-26(27(28,29)30)37(24)33-25/h3-8,21,23H,9-18H2,1-2H3/t23-/m1/s1. The molecule has 40 heavy (non-hydrogen) atoms. The summed E-state index contributed by atoms with van der Waals surface area (Å²) >= 11 is 0. The summed E-state index contributed by atoms with van der Waals surface area (Å²) < 4.78 is 52.1. The highest BCUT2D eigenvalue weighted by atomic mass is 19.4. The maximum absolute atomic E-state index is 13.2. The Morgan fingerprint density at radius 2 is 1.70 bits per heavy atom. The molecule has 0 saturated carbocycles. The lowest BCUT2D eigenvalue weighted by molar-refractivity contribution is -0.146. The van der Waals surface area contributed by atoms with E-state index in [-0.39, 0.29) is 17.7 Å². The molecule has 5 rings (SSSR count). The Morgan fingerprint density at radius 3 is 2.33 bits per heavy atom. The van der Waals surface area contributed by atoms with E-state index in [2.05, 4.69) is 32.3 Å². The first-order chi connectivity index (χ1) is 19.2. The van der Waals surface area contributed by atoms with Crippen molar-refractivity contribution in [2.24, 2.45) is 0 Å². The minimum absolute atomic E-state index is 0.0663. The third-order valence-electron chi connectivity index (χ3n) is 7.61. The number of nitrogens with zero attached hydrogens (tertiary/aromatic N) is 7. The van der Waals surface area contributed by atoms with Crippen molar-refractivity contribution in [3.8, 4) is 5.75 Å². The number of piperazine rings is 1. The van der Waals surface area contributed by atoms with Crippen LogP contribution in [-0.2, 0) is 15.7 Å². The van der Waals surface area contributed by atoms with Gasteiger partial charge in [-0.15, -0.1) is 15.3 Å². The molecule has 10 nitrogen and oxygen atoms in total. The molecule has 4 heterocycles. The molecule has 2 saturated heterocycles. The van der Waals surface area contributed by atoms with Crippen LogP contribution in [-0.4, -0.2) is 101 Å². The summed E-state index contributed by atoms with van der Waals surface area (Å²) in [6.07, 6.45) is -3.04. The second-order valence-electron chi connectivity index (χ2n) is 10.3. The molecule has 0 N–H and O–H groups in total. The normalized spacial score (nSPS) is 18.3. The van der Waals surface area contributed by atoms with Crippen LogP contribution >= 0.6 is 0 Å². The van der Waals surface area contributed by atoms with Gasteiger partial charge < -0.3 is 19.3 Å². The van der Waals surface area contributed by atoms with E-state index in [9.17, 15) is 18.0 Å². The van der Waals surface area contributed by atoms with Crippen LogP contribution in [0.2, 0.25) is 0 Å². The van der Waals surface area contributed by atoms with Crippen LogP contribution < -0.4 is 9.64 Å². The van der Waals surface area contributed by atoms with E-state index < -0.39 is 12.0 Å². The zero-order valence-electron chi connectivity index (χ0n) is 22.7. The summed E-state index contributed by atoms with van der Waals surface area (Å²) in [6, 6.07) is 11.3. The number of carbonyl (C=O) groups is 1. The number of aromatic nitrogens is 4. The number of hydrogen-bond donors (Lipinski definition) is 0. The van der Waals surface area contributed by atoms with E-state index in [0.717, 1.165) is 55.8 Å². The number of alkyl halides is 3. The fraction of sp³-hybridized carbons (Fsp3) is 0.556. The number of hydrogen-bond acceptors (Lipinski definition) is 8. The van der Waals surface area contributed by atoms with Gasteiger partial charge in [-0.1, -0.05) is 12.1 Å². The third kappa shape index (κ3) is 6.47. The van der Waals surface area contributed by atoms with Crippen LogP contribution in [0.15, 0.2) is 36.4 Å².